The molecule has 0 fully saturated rings. The molecule has 1 aromatic carbocycles. The quantitative estimate of drug-likeness (QED) is 0.811. The van der Waals surface area contributed by atoms with Crippen LogP contribution in [-0.4, -0.2) is 39.6 Å². The monoisotopic (exact) mass is 283 g/mol. The van der Waals surface area contributed by atoms with E-state index in [2.05, 4.69) is 27.0 Å². The number of nitrogens with zero attached hydrogens (tertiary/aromatic N) is 3. The van der Waals surface area contributed by atoms with Gasteiger partial charge >= 0.3 is 0 Å². The molecule has 0 atom stereocenters. The van der Waals surface area contributed by atoms with Gasteiger partial charge < -0.3 is 10.6 Å². The molecule has 0 bridgehead atoms. The number of aromatic amines is 1. The minimum atomic E-state index is -0.118. The molecule has 2 aromatic rings. The highest BCUT2D eigenvalue weighted by atomic mass is 16.2. The summed E-state index contributed by atoms with van der Waals surface area (Å²) in [6.07, 6.45) is 1.41. The molecule has 2 rings (SSSR count). The fourth-order valence-corrected chi connectivity index (χ4v) is 1.90. The normalized spacial score (nSPS) is 9.86. The van der Waals surface area contributed by atoms with Crippen molar-refractivity contribution < 1.29 is 4.79 Å². The molecule has 0 unspecified atom stereocenters. The van der Waals surface area contributed by atoms with Crippen LogP contribution in [0.3, 0.4) is 0 Å². The third-order valence-corrected chi connectivity index (χ3v) is 2.93. The molecule has 0 saturated heterocycles. The summed E-state index contributed by atoms with van der Waals surface area (Å²) >= 11 is 0. The summed E-state index contributed by atoms with van der Waals surface area (Å²) in [7, 11) is 1.71. The standard InChI is InChI=1S/C15H17N5O/c1-11-5-6-13(12(8-11)4-3-7-16)15(21)20(2)9-14-17-10-18-19-14/h5-6,8,10H,7,9,16H2,1-2H3,(H,17,18,19). The Kier molecular flexibility index (Phi) is 4.69. The predicted octanol–water partition coefficient (Wildman–Crippen LogP) is 0.696. The largest absolute Gasteiger partial charge is 0.334 e. The Bertz CT molecular complexity index is 682. The molecule has 6 nitrogen and oxygen atoms in total. The summed E-state index contributed by atoms with van der Waals surface area (Å²) in [5.41, 5.74) is 7.70. The first-order chi connectivity index (χ1) is 10.1. The first-order valence-corrected chi connectivity index (χ1v) is 6.51. The zero-order valence-corrected chi connectivity index (χ0v) is 12.1. The molecule has 21 heavy (non-hydrogen) atoms. The van der Waals surface area contributed by atoms with Gasteiger partial charge in [0.2, 0.25) is 0 Å². The van der Waals surface area contributed by atoms with E-state index >= 15 is 0 Å². The van der Waals surface area contributed by atoms with Crippen LogP contribution in [0.4, 0.5) is 0 Å². The summed E-state index contributed by atoms with van der Waals surface area (Å²) in [5, 5.41) is 6.50. The van der Waals surface area contributed by atoms with Gasteiger partial charge in [-0.15, -0.1) is 0 Å². The molecule has 0 saturated carbocycles. The maximum absolute atomic E-state index is 12.5. The average molecular weight is 283 g/mol. The predicted molar refractivity (Wildman–Crippen MR) is 79.3 cm³/mol. The summed E-state index contributed by atoms with van der Waals surface area (Å²) in [6, 6.07) is 5.57. The lowest BCUT2D eigenvalue weighted by Gasteiger charge is -2.16. The van der Waals surface area contributed by atoms with Crippen LogP contribution in [0.5, 0.6) is 0 Å². The van der Waals surface area contributed by atoms with Crippen LogP contribution in [0.25, 0.3) is 0 Å². The fourth-order valence-electron chi connectivity index (χ4n) is 1.90. The maximum Gasteiger partial charge on any atom is 0.255 e. The van der Waals surface area contributed by atoms with Gasteiger partial charge in [-0.05, 0) is 24.6 Å². The van der Waals surface area contributed by atoms with Crippen LogP contribution >= 0.6 is 0 Å². The third-order valence-electron chi connectivity index (χ3n) is 2.93. The number of benzene rings is 1. The number of nitrogens with one attached hydrogen (secondary N) is 1. The van der Waals surface area contributed by atoms with E-state index in [9.17, 15) is 4.79 Å². The fraction of sp³-hybridized carbons (Fsp3) is 0.267. The number of carbonyl (C=O) groups excluding carboxylic acids is 1. The second kappa shape index (κ2) is 6.68. The highest BCUT2D eigenvalue weighted by molar-refractivity contribution is 5.96. The summed E-state index contributed by atoms with van der Waals surface area (Å²) < 4.78 is 0. The number of hydrogen-bond acceptors (Lipinski definition) is 4. The Hall–Kier alpha value is -2.65. The highest BCUT2D eigenvalue weighted by Gasteiger charge is 2.16. The van der Waals surface area contributed by atoms with E-state index in [0.717, 1.165) is 5.56 Å². The topological polar surface area (TPSA) is 87.9 Å². The van der Waals surface area contributed by atoms with Gasteiger partial charge in [0.05, 0.1) is 18.7 Å². The van der Waals surface area contributed by atoms with Crippen molar-refractivity contribution in [1.82, 2.24) is 20.1 Å². The Balaban J connectivity index is 2.25. The number of aryl methyl sites for hydroxylation is 1. The molecule has 108 valence electrons. The van der Waals surface area contributed by atoms with Crippen LogP contribution in [0, 0.1) is 18.8 Å². The van der Waals surface area contributed by atoms with E-state index in [1.54, 1.807) is 18.0 Å². The number of H-pyrrole nitrogens is 1. The lowest BCUT2D eigenvalue weighted by Crippen LogP contribution is -2.27. The Morgan fingerprint density at radius 1 is 1.48 bits per heavy atom. The van der Waals surface area contributed by atoms with Crippen molar-refractivity contribution in [3.63, 3.8) is 0 Å². The van der Waals surface area contributed by atoms with Gasteiger partial charge in [-0.1, -0.05) is 17.9 Å². The number of nitrogens with two attached hydrogens (primary N) is 1. The third kappa shape index (κ3) is 3.68. The lowest BCUT2D eigenvalue weighted by atomic mass is 10.0. The van der Waals surface area contributed by atoms with Crippen molar-refractivity contribution in [2.75, 3.05) is 13.6 Å². The number of amides is 1. The molecule has 3 N–H and O–H groups in total. The van der Waals surface area contributed by atoms with Crippen molar-refractivity contribution in [3.05, 3.63) is 47.0 Å². The minimum absolute atomic E-state index is 0.118. The molecule has 6 heteroatoms. The molecule has 0 radical (unpaired) electrons. The van der Waals surface area contributed by atoms with Crippen LogP contribution in [0.15, 0.2) is 24.5 Å². The maximum atomic E-state index is 12.5. The Labute approximate surface area is 123 Å². The molecule has 0 aliphatic heterocycles. The number of carbonyl (C=O) groups is 1. The number of aromatic nitrogens is 3. The van der Waals surface area contributed by atoms with Crippen molar-refractivity contribution in [3.8, 4) is 11.8 Å². The first kappa shape index (κ1) is 14.8. The summed E-state index contributed by atoms with van der Waals surface area (Å²) in [4.78, 5) is 18.1. The van der Waals surface area contributed by atoms with Crippen molar-refractivity contribution in [1.29, 1.82) is 0 Å². The zero-order valence-electron chi connectivity index (χ0n) is 12.1. The zero-order chi connectivity index (χ0) is 15.2. The second-order valence-corrected chi connectivity index (χ2v) is 4.65. The molecule has 1 amide bonds. The van der Waals surface area contributed by atoms with Gasteiger partial charge in [0, 0.05) is 12.6 Å². The van der Waals surface area contributed by atoms with Crippen LogP contribution in [0.2, 0.25) is 0 Å². The van der Waals surface area contributed by atoms with Gasteiger partial charge in [-0.3, -0.25) is 9.89 Å². The van der Waals surface area contributed by atoms with Gasteiger partial charge in [-0.25, -0.2) is 4.98 Å². The second-order valence-electron chi connectivity index (χ2n) is 4.65. The lowest BCUT2D eigenvalue weighted by molar-refractivity contribution is 0.0781. The average Bonchev–Trinajstić information content (AvgIpc) is 2.97. The number of rotatable bonds is 3. The first-order valence-electron chi connectivity index (χ1n) is 6.51. The SMILES string of the molecule is Cc1ccc(C(=O)N(C)Cc2ncn[nH]2)c(C#CCN)c1. The van der Waals surface area contributed by atoms with Gasteiger partial charge in [0.25, 0.3) is 5.91 Å². The Morgan fingerprint density at radius 2 is 2.29 bits per heavy atom. The van der Waals surface area contributed by atoms with E-state index in [1.807, 2.05) is 19.1 Å². The van der Waals surface area contributed by atoms with Crippen molar-refractivity contribution in [2.24, 2.45) is 5.73 Å². The molecular formula is C15H17N5O. The van der Waals surface area contributed by atoms with Crippen molar-refractivity contribution in [2.45, 2.75) is 13.5 Å². The van der Waals surface area contributed by atoms with Crippen LogP contribution in [0.1, 0.15) is 27.3 Å². The van der Waals surface area contributed by atoms with Gasteiger partial charge in [0.1, 0.15) is 12.2 Å². The minimum Gasteiger partial charge on any atom is -0.334 e. The highest BCUT2D eigenvalue weighted by Crippen LogP contribution is 2.14. The molecular weight excluding hydrogens is 266 g/mol. The smallest absolute Gasteiger partial charge is 0.255 e. The van der Waals surface area contributed by atoms with Gasteiger partial charge in [-0.2, -0.15) is 5.10 Å². The Morgan fingerprint density at radius 3 is 2.95 bits per heavy atom. The number of hydrogen-bond donors (Lipinski definition) is 2. The van der Waals surface area contributed by atoms with Crippen LogP contribution in [-0.2, 0) is 6.54 Å². The molecule has 1 aromatic heterocycles. The van der Waals surface area contributed by atoms with Crippen molar-refractivity contribution >= 4 is 5.91 Å². The summed E-state index contributed by atoms with van der Waals surface area (Å²) in [5.74, 6) is 6.25. The van der Waals surface area contributed by atoms with E-state index in [4.69, 9.17) is 5.73 Å². The van der Waals surface area contributed by atoms with Gasteiger partial charge in [0.15, 0.2) is 0 Å². The molecule has 1 heterocycles. The van der Waals surface area contributed by atoms with Crippen LogP contribution < -0.4 is 5.73 Å². The van der Waals surface area contributed by atoms with E-state index in [1.165, 1.54) is 6.33 Å². The molecule has 0 aliphatic carbocycles. The molecule has 0 spiro atoms. The van der Waals surface area contributed by atoms with E-state index in [-0.39, 0.29) is 12.5 Å². The summed E-state index contributed by atoms with van der Waals surface area (Å²) in [6.45, 7) is 2.58. The molecule has 0 aliphatic rings. The van der Waals surface area contributed by atoms with E-state index < -0.39 is 0 Å². The van der Waals surface area contributed by atoms with E-state index in [0.29, 0.717) is 23.5 Å².